The number of nitrogens with zero attached hydrogens (tertiary/aromatic N) is 2. The average molecular weight is 289 g/mol. The van der Waals surface area contributed by atoms with Gasteiger partial charge in [-0.2, -0.15) is 0 Å². The van der Waals surface area contributed by atoms with Crippen molar-refractivity contribution < 1.29 is 4.79 Å². The Bertz CT molecular complexity index is 493. The summed E-state index contributed by atoms with van der Waals surface area (Å²) in [6.07, 6.45) is 1.16. The third kappa shape index (κ3) is 3.97. The number of piperazine rings is 1. The minimum atomic E-state index is 0.0208. The van der Waals surface area contributed by atoms with E-state index in [1.54, 1.807) is 0 Å². The van der Waals surface area contributed by atoms with Gasteiger partial charge in [0.15, 0.2) is 0 Å². The van der Waals surface area contributed by atoms with Gasteiger partial charge in [-0.3, -0.25) is 4.90 Å². The lowest BCUT2D eigenvalue weighted by Gasteiger charge is -2.37. The molecule has 116 valence electrons. The van der Waals surface area contributed by atoms with Crippen LogP contribution in [0.4, 0.5) is 10.5 Å². The highest BCUT2D eigenvalue weighted by Gasteiger charge is 2.23. The predicted octanol–water partition coefficient (Wildman–Crippen LogP) is 3.25. The maximum absolute atomic E-state index is 12.4. The third-order valence-corrected chi connectivity index (χ3v) is 4.45. The fourth-order valence-corrected chi connectivity index (χ4v) is 2.69. The minimum absolute atomic E-state index is 0.0208. The largest absolute Gasteiger partial charge is 0.322 e. The first-order valence-electron chi connectivity index (χ1n) is 7.88. The molecule has 0 bridgehead atoms. The number of urea groups is 1. The fraction of sp³-hybridized carbons (Fsp3) is 0.588. The van der Waals surface area contributed by atoms with Crippen molar-refractivity contribution in [3.05, 3.63) is 29.3 Å². The highest BCUT2D eigenvalue weighted by molar-refractivity contribution is 5.90. The molecule has 1 heterocycles. The van der Waals surface area contributed by atoms with E-state index in [9.17, 15) is 4.79 Å². The van der Waals surface area contributed by atoms with Crippen LogP contribution < -0.4 is 5.32 Å². The second kappa shape index (κ2) is 6.94. The van der Waals surface area contributed by atoms with Crippen LogP contribution >= 0.6 is 0 Å². The van der Waals surface area contributed by atoms with E-state index in [4.69, 9.17) is 0 Å². The molecule has 1 aromatic carbocycles. The molecule has 4 nitrogen and oxygen atoms in total. The number of rotatable bonds is 3. The molecule has 2 amide bonds. The van der Waals surface area contributed by atoms with Gasteiger partial charge in [-0.25, -0.2) is 4.79 Å². The Morgan fingerprint density at radius 1 is 1.24 bits per heavy atom. The number of anilines is 1. The van der Waals surface area contributed by atoms with Crippen LogP contribution in [0.5, 0.6) is 0 Å². The summed E-state index contributed by atoms with van der Waals surface area (Å²) in [6.45, 7) is 12.1. The van der Waals surface area contributed by atoms with Crippen molar-refractivity contribution in [1.82, 2.24) is 9.80 Å². The summed E-state index contributed by atoms with van der Waals surface area (Å²) >= 11 is 0. The highest BCUT2D eigenvalue weighted by Crippen LogP contribution is 2.17. The van der Waals surface area contributed by atoms with Gasteiger partial charge in [-0.15, -0.1) is 0 Å². The smallest absolute Gasteiger partial charge is 0.321 e. The zero-order chi connectivity index (χ0) is 15.4. The van der Waals surface area contributed by atoms with Crippen molar-refractivity contribution in [3.8, 4) is 0 Å². The second-order valence-corrected chi connectivity index (χ2v) is 6.03. The van der Waals surface area contributed by atoms with Gasteiger partial charge in [0.25, 0.3) is 0 Å². The summed E-state index contributed by atoms with van der Waals surface area (Å²) in [6, 6.07) is 6.77. The van der Waals surface area contributed by atoms with Gasteiger partial charge in [-0.05, 0) is 44.4 Å². The third-order valence-electron chi connectivity index (χ3n) is 4.45. The molecular formula is C17H27N3O. The summed E-state index contributed by atoms with van der Waals surface area (Å²) in [5.41, 5.74) is 3.19. The zero-order valence-electron chi connectivity index (χ0n) is 13.6. The van der Waals surface area contributed by atoms with Gasteiger partial charge in [0.05, 0.1) is 0 Å². The number of amides is 2. The molecule has 1 aliphatic rings. The maximum Gasteiger partial charge on any atom is 0.321 e. The molecule has 1 aliphatic heterocycles. The standard InChI is InChI=1S/C17H27N3O/c1-5-15(4)19-8-10-20(11-9-19)17(21)18-16-12-13(2)6-7-14(16)3/h6-7,12,15H,5,8-11H2,1-4H3,(H,18,21). The Morgan fingerprint density at radius 3 is 2.52 bits per heavy atom. The van der Waals surface area contributed by atoms with E-state index >= 15 is 0 Å². The molecule has 1 saturated heterocycles. The second-order valence-electron chi connectivity index (χ2n) is 6.03. The SMILES string of the molecule is CCC(C)N1CCN(C(=O)Nc2cc(C)ccc2C)CC1. The number of hydrogen-bond acceptors (Lipinski definition) is 2. The Kier molecular flexibility index (Phi) is 5.23. The Hall–Kier alpha value is -1.55. The molecule has 0 radical (unpaired) electrons. The van der Waals surface area contributed by atoms with Crippen LogP contribution in [0.15, 0.2) is 18.2 Å². The summed E-state index contributed by atoms with van der Waals surface area (Å²) in [7, 11) is 0. The molecule has 1 unspecified atom stereocenters. The highest BCUT2D eigenvalue weighted by atomic mass is 16.2. The molecule has 1 atom stereocenters. The number of nitrogens with one attached hydrogen (secondary N) is 1. The molecule has 0 saturated carbocycles. The topological polar surface area (TPSA) is 35.6 Å². The van der Waals surface area contributed by atoms with Crippen molar-refractivity contribution in [2.75, 3.05) is 31.5 Å². The number of benzene rings is 1. The first-order chi connectivity index (χ1) is 10.0. The molecular weight excluding hydrogens is 262 g/mol. The number of aryl methyl sites for hydroxylation is 2. The average Bonchev–Trinajstić information content (AvgIpc) is 2.50. The predicted molar refractivity (Wildman–Crippen MR) is 87.8 cm³/mol. The molecule has 1 aromatic rings. The quantitative estimate of drug-likeness (QED) is 0.927. The fourth-order valence-electron chi connectivity index (χ4n) is 2.69. The molecule has 4 heteroatoms. The molecule has 0 aromatic heterocycles. The number of hydrogen-bond donors (Lipinski definition) is 1. The molecule has 21 heavy (non-hydrogen) atoms. The van der Waals surface area contributed by atoms with E-state index in [0.29, 0.717) is 6.04 Å². The van der Waals surface area contributed by atoms with Crippen molar-refractivity contribution >= 4 is 11.7 Å². The molecule has 0 aliphatic carbocycles. The Balaban J connectivity index is 1.92. The lowest BCUT2D eigenvalue weighted by Crippen LogP contribution is -2.52. The van der Waals surface area contributed by atoms with Crippen LogP contribution in [0.25, 0.3) is 0 Å². The van der Waals surface area contributed by atoms with E-state index in [2.05, 4.69) is 30.1 Å². The summed E-state index contributed by atoms with van der Waals surface area (Å²) in [5.74, 6) is 0. The lowest BCUT2D eigenvalue weighted by molar-refractivity contribution is 0.117. The number of carbonyl (C=O) groups is 1. The van der Waals surface area contributed by atoms with Crippen LogP contribution in [0, 0.1) is 13.8 Å². The van der Waals surface area contributed by atoms with E-state index in [-0.39, 0.29) is 6.03 Å². The van der Waals surface area contributed by atoms with E-state index in [0.717, 1.165) is 49.4 Å². The minimum Gasteiger partial charge on any atom is -0.322 e. The summed E-state index contributed by atoms with van der Waals surface area (Å²) in [4.78, 5) is 16.8. The van der Waals surface area contributed by atoms with Crippen molar-refractivity contribution in [2.45, 2.75) is 40.2 Å². The normalized spacial score (nSPS) is 17.6. The number of carbonyl (C=O) groups excluding carboxylic acids is 1. The van der Waals surface area contributed by atoms with Gasteiger partial charge in [0.2, 0.25) is 0 Å². The monoisotopic (exact) mass is 289 g/mol. The van der Waals surface area contributed by atoms with Gasteiger partial charge < -0.3 is 10.2 Å². The first kappa shape index (κ1) is 15.8. The van der Waals surface area contributed by atoms with E-state index in [1.165, 1.54) is 0 Å². The van der Waals surface area contributed by atoms with E-state index < -0.39 is 0 Å². The molecule has 2 rings (SSSR count). The van der Waals surface area contributed by atoms with Crippen LogP contribution in [0.3, 0.4) is 0 Å². The lowest BCUT2D eigenvalue weighted by atomic mass is 10.1. The molecule has 0 spiro atoms. The van der Waals surface area contributed by atoms with Crippen molar-refractivity contribution in [1.29, 1.82) is 0 Å². The first-order valence-corrected chi connectivity index (χ1v) is 7.88. The molecule has 1 N–H and O–H groups in total. The molecule has 1 fully saturated rings. The Morgan fingerprint density at radius 2 is 1.90 bits per heavy atom. The van der Waals surface area contributed by atoms with Gasteiger partial charge in [0.1, 0.15) is 0 Å². The van der Waals surface area contributed by atoms with Crippen LogP contribution in [0.2, 0.25) is 0 Å². The summed E-state index contributed by atoms with van der Waals surface area (Å²) < 4.78 is 0. The van der Waals surface area contributed by atoms with Crippen molar-refractivity contribution in [3.63, 3.8) is 0 Å². The van der Waals surface area contributed by atoms with Gasteiger partial charge >= 0.3 is 6.03 Å². The zero-order valence-corrected chi connectivity index (χ0v) is 13.6. The van der Waals surface area contributed by atoms with Crippen LogP contribution in [0.1, 0.15) is 31.4 Å². The van der Waals surface area contributed by atoms with Crippen molar-refractivity contribution in [2.24, 2.45) is 0 Å². The van der Waals surface area contributed by atoms with Gasteiger partial charge in [0, 0.05) is 37.9 Å². The summed E-state index contributed by atoms with van der Waals surface area (Å²) in [5, 5.41) is 3.05. The Labute approximate surface area is 128 Å². The van der Waals surface area contributed by atoms with Crippen LogP contribution in [-0.2, 0) is 0 Å². The van der Waals surface area contributed by atoms with Gasteiger partial charge in [-0.1, -0.05) is 19.1 Å². The van der Waals surface area contributed by atoms with Crippen LogP contribution in [-0.4, -0.2) is 48.1 Å². The van der Waals surface area contributed by atoms with E-state index in [1.807, 2.05) is 30.9 Å². The maximum atomic E-state index is 12.4.